The molecule has 5 heteroatoms. The van der Waals surface area contributed by atoms with Crippen molar-refractivity contribution in [3.63, 3.8) is 0 Å². The molecule has 92 valence electrons. The van der Waals surface area contributed by atoms with E-state index in [1.165, 1.54) is 0 Å². The lowest BCUT2D eigenvalue weighted by molar-refractivity contribution is -0.121. The van der Waals surface area contributed by atoms with E-state index in [0.29, 0.717) is 15.7 Å². The number of rotatable bonds is 2. The Labute approximate surface area is 110 Å². The molecule has 1 saturated heterocycles. The van der Waals surface area contributed by atoms with Gasteiger partial charge in [-0.25, -0.2) is 0 Å². The zero-order chi connectivity index (χ0) is 12.3. The van der Waals surface area contributed by atoms with Gasteiger partial charge in [0.2, 0.25) is 5.91 Å². The predicted molar refractivity (Wildman–Crippen MR) is 70.7 cm³/mol. The molecule has 1 unspecified atom stereocenters. The van der Waals surface area contributed by atoms with Gasteiger partial charge in [-0.2, -0.15) is 0 Å². The summed E-state index contributed by atoms with van der Waals surface area (Å²) >= 11 is 12.1. The third-order valence-corrected chi connectivity index (χ3v) is 3.45. The normalized spacial score (nSPS) is 20.6. The number of amides is 1. The van der Waals surface area contributed by atoms with Crippen LogP contribution in [0.5, 0.6) is 0 Å². The summed E-state index contributed by atoms with van der Waals surface area (Å²) in [6.45, 7) is 0.743. The number of halogens is 2. The molecule has 2 rings (SSSR count). The van der Waals surface area contributed by atoms with Crippen LogP contribution in [0.1, 0.15) is 19.3 Å². The van der Waals surface area contributed by atoms with Crippen LogP contribution >= 0.6 is 23.2 Å². The van der Waals surface area contributed by atoms with Gasteiger partial charge in [-0.05, 0) is 31.4 Å². The minimum atomic E-state index is -0.255. The molecule has 17 heavy (non-hydrogen) atoms. The summed E-state index contributed by atoms with van der Waals surface area (Å²) < 4.78 is 0. The molecule has 1 atom stereocenters. The molecule has 0 radical (unpaired) electrons. The largest absolute Gasteiger partial charge is 0.371 e. The second-order valence-corrected chi connectivity index (χ2v) is 4.89. The summed E-state index contributed by atoms with van der Waals surface area (Å²) in [6, 6.07) is 5.03. The second kappa shape index (κ2) is 5.61. The third kappa shape index (κ3) is 3.05. The lowest BCUT2D eigenvalue weighted by Gasteiger charge is -2.18. The molecular weight excluding hydrogens is 259 g/mol. The predicted octanol–water partition coefficient (Wildman–Crippen LogP) is 3.07. The van der Waals surface area contributed by atoms with E-state index in [2.05, 4.69) is 10.6 Å². The van der Waals surface area contributed by atoms with E-state index in [-0.39, 0.29) is 11.9 Å². The lowest BCUT2D eigenvalue weighted by atomic mass is 10.1. The Morgan fingerprint density at radius 3 is 2.65 bits per heavy atom. The molecule has 1 aromatic carbocycles. The number of benzene rings is 1. The van der Waals surface area contributed by atoms with Gasteiger partial charge in [0.1, 0.15) is 6.04 Å². The molecule has 2 N–H and O–H groups in total. The molecule has 1 aliphatic rings. The van der Waals surface area contributed by atoms with Crippen LogP contribution in [0.3, 0.4) is 0 Å². The minimum Gasteiger partial charge on any atom is -0.371 e. The van der Waals surface area contributed by atoms with Gasteiger partial charge in [0.05, 0.1) is 15.7 Å². The van der Waals surface area contributed by atoms with Crippen molar-refractivity contribution in [2.75, 3.05) is 11.9 Å². The van der Waals surface area contributed by atoms with E-state index in [1.807, 2.05) is 0 Å². The number of para-hydroxylation sites is 1. The van der Waals surface area contributed by atoms with E-state index in [0.717, 1.165) is 25.8 Å². The summed E-state index contributed by atoms with van der Waals surface area (Å²) in [5.41, 5.74) is 0.637. The quantitative estimate of drug-likeness (QED) is 0.869. The number of hydrogen-bond acceptors (Lipinski definition) is 2. The number of anilines is 1. The van der Waals surface area contributed by atoms with Crippen LogP contribution in [0.4, 0.5) is 5.69 Å². The highest BCUT2D eigenvalue weighted by Gasteiger charge is 2.21. The SMILES string of the molecule is O=C1NCCCCC1Nc1c(Cl)cccc1Cl. The van der Waals surface area contributed by atoms with Crippen LogP contribution in [0.15, 0.2) is 18.2 Å². The van der Waals surface area contributed by atoms with Gasteiger partial charge < -0.3 is 10.6 Å². The second-order valence-electron chi connectivity index (χ2n) is 4.08. The molecule has 0 aliphatic carbocycles. The van der Waals surface area contributed by atoms with E-state index < -0.39 is 0 Å². The summed E-state index contributed by atoms with van der Waals surface area (Å²) in [7, 11) is 0. The molecule has 3 nitrogen and oxygen atoms in total. The molecule has 1 heterocycles. The fraction of sp³-hybridized carbons (Fsp3) is 0.417. The molecule has 0 spiro atoms. The highest BCUT2D eigenvalue weighted by atomic mass is 35.5. The number of nitrogens with one attached hydrogen (secondary N) is 2. The Kier molecular flexibility index (Phi) is 4.13. The van der Waals surface area contributed by atoms with Crippen molar-refractivity contribution in [3.05, 3.63) is 28.2 Å². The number of carbonyl (C=O) groups is 1. The number of carbonyl (C=O) groups excluding carboxylic acids is 1. The van der Waals surface area contributed by atoms with Crippen molar-refractivity contribution in [1.82, 2.24) is 5.32 Å². The van der Waals surface area contributed by atoms with Gasteiger partial charge in [0, 0.05) is 6.54 Å². The fourth-order valence-corrected chi connectivity index (χ4v) is 2.39. The van der Waals surface area contributed by atoms with Crippen molar-refractivity contribution in [3.8, 4) is 0 Å². The summed E-state index contributed by atoms with van der Waals surface area (Å²) in [5.74, 6) is 0.0125. The zero-order valence-electron chi connectivity index (χ0n) is 9.30. The maximum atomic E-state index is 11.8. The van der Waals surface area contributed by atoms with Crippen molar-refractivity contribution in [2.24, 2.45) is 0 Å². The Morgan fingerprint density at radius 1 is 1.24 bits per heavy atom. The Morgan fingerprint density at radius 2 is 1.94 bits per heavy atom. The van der Waals surface area contributed by atoms with Crippen LogP contribution in [0.2, 0.25) is 10.0 Å². The van der Waals surface area contributed by atoms with Crippen LogP contribution < -0.4 is 10.6 Å². The van der Waals surface area contributed by atoms with Crippen LogP contribution in [-0.2, 0) is 4.79 Å². The maximum Gasteiger partial charge on any atom is 0.242 e. The average Bonchev–Trinajstić information content (AvgIpc) is 2.49. The highest BCUT2D eigenvalue weighted by molar-refractivity contribution is 6.39. The first kappa shape index (κ1) is 12.5. The Bertz CT molecular complexity index is 403. The van der Waals surface area contributed by atoms with Crippen molar-refractivity contribution in [2.45, 2.75) is 25.3 Å². The van der Waals surface area contributed by atoms with Crippen molar-refractivity contribution >= 4 is 34.8 Å². The number of hydrogen-bond donors (Lipinski definition) is 2. The van der Waals surface area contributed by atoms with E-state index in [1.54, 1.807) is 18.2 Å². The van der Waals surface area contributed by atoms with Gasteiger partial charge in [-0.15, -0.1) is 0 Å². The molecule has 1 amide bonds. The van der Waals surface area contributed by atoms with E-state index in [9.17, 15) is 4.79 Å². The first-order valence-electron chi connectivity index (χ1n) is 5.67. The summed E-state index contributed by atoms with van der Waals surface area (Å²) in [4.78, 5) is 11.8. The minimum absolute atomic E-state index is 0.0125. The molecule has 0 aromatic heterocycles. The van der Waals surface area contributed by atoms with Crippen LogP contribution in [-0.4, -0.2) is 18.5 Å². The summed E-state index contributed by atoms with van der Waals surface area (Å²) in [5, 5.41) is 7.07. The zero-order valence-corrected chi connectivity index (χ0v) is 10.8. The molecule has 1 aliphatic heterocycles. The van der Waals surface area contributed by atoms with Gasteiger partial charge >= 0.3 is 0 Å². The Hall–Kier alpha value is -0.930. The molecule has 1 aromatic rings. The molecule has 0 saturated carbocycles. The van der Waals surface area contributed by atoms with Crippen molar-refractivity contribution < 1.29 is 4.79 Å². The molecular formula is C12H14Cl2N2O. The monoisotopic (exact) mass is 272 g/mol. The topological polar surface area (TPSA) is 41.1 Å². The van der Waals surface area contributed by atoms with Gasteiger partial charge in [-0.1, -0.05) is 29.3 Å². The third-order valence-electron chi connectivity index (χ3n) is 2.82. The first-order chi connectivity index (χ1) is 8.18. The van der Waals surface area contributed by atoms with E-state index in [4.69, 9.17) is 23.2 Å². The summed E-state index contributed by atoms with van der Waals surface area (Å²) in [6.07, 6.45) is 2.83. The molecule has 0 bridgehead atoms. The maximum absolute atomic E-state index is 11.8. The highest BCUT2D eigenvalue weighted by Crippen LogP contribution is 2.31. The lowest BCUT2D eigenvalue weighted by Crippen LogP contribution is -2.38. The average molecular weight is 273 g/mol. The van der Waals surface area contributed by atoms with Crippen LogP contribution in [0.25, 0.3) is 0 Å². The van der Waals surface area contributed by atoms with Gasteiger partial charge in [0.25, 0.3) is 0 Å². The molecule has 1 fully saturated rings. The smallest absolute Gasteiger partial charge is 0.242 e. The Balaban J connectivity index is 2.16. The van der Waals surface area contributed by atoms with Gasteiger partial charge in [0.15, 0.2) is 0 Å². The van der Waals surface area contributed by atoms with E-state index >= 15 is 0 Å². The fourth-order valence-electron chi connectivity index (χ4n) is 1.89. The van der Waals surface area contributed by atoms with Crippen LogP contribution in [0, 0.1) is 0 Å². The standard InChI is InChI=1S/C12H14Cl2N2O/c13-8-4-3-5-9(14)11(8)16-10-6-1-2-7-15-12(10)17/h3-5,10,16H,1-2,6-7H2,(H,15,17). The van der Waals surface area contributed by atoms with Gasteiger partial charge in [-0.3, -0.25) is 4.79 Å². The van der Waals surface area contributed by atoms with Crippen molar-refractivity contribution in [1.29, 1.82) is 0 Å². The first-order valence-corrected chi connectivity index (χ1v) is 6.42.